The summed E-state index contributed by atoms with van der Waals surface area (Å²) >= 11 is 0. The second-order valence-corrected chi connectivity index (χ2v) is 6.90. The monoisotopic (exact) mass is 477 g/mol. The minimum Gasteiger partial charge on any atom is -0.497 e. The van der Waals surface area contributed by atoms with Gasteiger partial charge in [-0.05, 0) is 29.8 Å². The molecule has 0 saturated carbocycles. The molecule has 0 amide bonds. The van der Waals surface area contributed by atoms with Crippen LogP contribution in [0.4, 0.5) is 13.2 Å². The predicted molar refractivity (Wildman–Crippen MR) is 119 cm³/mol. The molecule has 0 spiro atoms. The van der Waals surface area contributed by atoms with Crippen LogP contribution in [-0.2, 0) is 19.9 Å². The lowest BCUT2D eigenvalue weighted by molar-refractivity contribution is -0.272. The SMILES string of the molecule is COc1ccc2c(c1)C(OC)(C(F)(F)F)CN=C2C=Cc1ccccc1.O=C(O)C=CC(=O)O. The normalized spacial score (nSPS) is 17.5. The van der Waals surface area contributed by atoms with Gasteiger partial charge < -0.3 is 19.7 Å². The Bertz CT molecular complexity index is 1090. The molecule has 0 fully saturated rings. The van der Waals surface area contributed by atoms with Gasteiger partial charge in [0.15, 0.2) is 0 Å². The van der Waals surface area contributed by atoms with Gasteiger partial charge in [0, 0.05) is 30.4 Å². The summed E-state index contributed by atoms with van der Waals surface area (Å²) in [5.41, 5.74) is -0.688. The fourth-order valence-electron chi connectivity index (χ4n) is 3.13. The van der Waals surface area contributed by atoms with Gasteiger partial charge >= 0.3 is 18.1 Å². The van der Waals surface area contributed by atoms with Crippen molar-refractivity contribution in [2.45, 2.75) is 11.8 Å². The first kappa shape index (κ1) is 26.3. The summed E-state index contributed by atoms with van der Waals surface area (Å²) in [7, 11) is 2.47. The summed E-state index contributed by atoms with van der Waals surface area (Å²) < 4.78 is 51.6. The van der Waals surface area contributed by atoms with Crippen molar-refractivity contribution in [2.24, 2.45) is 4.99 Å². The fourth-order valence-corrected chi connectivity index (χ4v) is 3.13. The summed E-state index contributed by atoms with van der Waals surface area (Å²) in [6, 6.07) is 14.1. The molecule has 1 aliphatic rings. The molecule has 0 aromatic heterocycles. The summed E-state index contributed by atoms with van der Waals surface area (Å²) in [5.74, 6) is -2.18. The van der Waals surface area contributed by atoms with E-state index in [2.05, 4.69) is 4.99 Å². The minimum atomic E-state index is -4.61. The molecule has 1 atom stereocenters. The molecule has 3 rings (SSSR count). The quantitative estimate of drug-likeness (QED) is 0.600. The van der Waals surface area contributed by atoms with Crippen LogP contribution in [0.2, 0.25) is 0 Å². The molecule has 0 aliphatic carbocycles. The standard InChI is InChI=1S/C20H18F3NO2.C4H4O4/c1-25-15-9-10-16-17(12-15)19(26-2,20(21,22)23)13-24-18(16)11-8-14-6-4-3-5-7-14;5-3(6)1-2-4(7)8/h3-12H,13H2,1-2H3;1-2H,(H,5,6)(H,7,8). The first-order chi connectivity index (χ1) is 16.0. The van der Waals surface area contributed by atoms with Crippen LogP contribution < -0.4 is 4.74 Å². The minimum absolute atomic E-state index is 0.00885. The zero-order chi connectivity index (χ0) is 25.4. The average molecular weight is 477 g/mol. The van der Waals surface area contributed by atoms with Gasteiger partial charge in [0.25, 0.3) is 0 Å². The van der Waals surface area contributed by atoms with Gasteiger partial charge in [-0.2, -0.15) is 13.2 Å². The van der Waals surface area contributed by atoms with Crippen molar-refractivity contribution < 1.29 is 42.4 Å². The smallest absolute Gasteiger partial charge is 0.423 e. The number of halogens is 3. The van der Waals surface area contributed by atoms with Crippen LogP contribution in [0.5, 0.6) is 5.75 Å². The Kier molecular flexibility index (Phi) is 8.74. The van der Waals surface area contributed by atoms with Crippen molar-refractivity contribution in [2.75, 3.05) is 20.8 Å². The van der Waals surface area contributed by atoms with Crippen LogP contribution in [0.25, 0.3) is 6.08 Å². The number of ether oxygens (including phenoxy) is 2. The molecule has 0 saturated heterocycles. The summed E-state index contributed by atoms with van der Waals surface area (Å²) in [4.78, 5) is 23.3. The highest BCUT2D eigenvalue weighted by Gasteiger charge is 2.59. The van der Waals surface area contributed by atoms with E-state index in [-0.39, 0.29) is 5.56 Å². The number of carboxylic acids is 2. The van der Waals surface area contributed by atoms with Crippen molar-refractivity contribution in [1.29, 1.82) is 0 Å². The summed E-state index contributed by atoms with van der Waals surface area (Å²) in [6.07, 6.45) is 0.0442. The van der Waals surface area contributed by atoms with Gasteiger partial charge in [-0.1, -0.05) is 36.4 Å². The van der Waals surface area contributed by atoms with Crippen LogP contribution in [0.15, 0.2) is 71.8 Å². The van der Waals surface area contributed by atoms with Gasteiger partial charge in [0.1, 0.15) is 5.75 Å². The Morgan fingerprint density at radius 3 is 2.12 bits per heavy atom. The average Bonchev–Trinajstić information content (AvgIpc) is 2.81. The number of aliphatic carboxylic acids is 2. The highest BCUT2D eigenvalue weighted by molar-refractivity contribution is 6.12. The van der Waals surface area contributed by atoms with E-state index in [1.165, 1.54) is 13.2 Å². The number of fused-ring (bicyclic) bond motifs is 1. The Morgan fingerprint density at radius 1 is 1.00 bits per heavy atom. The van der Waals surface area contributed by atoms with Crippen LogP contribution in [0, 0.1) is 0 Å². The molecular formula is C24H22F3NO6. The van der Waals surface area contributed by atoms with Gasteiger partial charge in [-0.3, -0.25) is 4.99 Å². The predicted octanol–water partition coefficient (Wildman–Crippen LogP) is 4.33. The third-order valence-electron chi connectivity index (χ3n) is 4.82. The molecule has 2 aromatic carbocycles. The van der Waals surface area contributed by atoms with Crippen LogP contribution in [0.1, 0.15) is 16.7 Å². The molecule has 2 aromatic rings. The number of hydrogen-bond acceptors (Lipinski definition) is 5. The number of carbonyl (C=O) groups is 2. The fraction of sp³-hybridized carbons (Fsp3) is 0.208. The third-order valence-corrected chi connectivity index (χ3v) is 4.82. The van der Waals surface area contributed by atoms with Crippen molar-refractivity contribution in [3.8, 4) is 5.75 Å². The van der Waals surface area contributed by atoms with Gasteiger partial charge in [0.2, 0.25) is 5.60 Å². The van der Waals surface area contributed by atoms with E-state index < -0.39 is 30.3 Å². The topological polar surface area (TPSA) is 105 Å². The molecule has 34 heavy (non-hydrogen) atoms. The molecule has 1 heterocycles. The number of carboxylic acid groups (broad SMARTS) is 2. The Morgan fingerprint density at radius 2 is 1.62 bits per heavy atom. The number of rotatable bonds is 6. The first-order valence-corrected chi connectivity index (χ1v) is 9.76. The zero-order valence-corrected chi connectivity index (χ0v) is 18.2. The molecule has 0 bridgehead atoms. The van der Waals surface area contributed by atoms with Crippen molar-refractivity contribution in [3.05, 3.63) is 83.4 Å². The van der Waals surface area contributed by atoms with Gasteiger partial charge in [0.05, 0.1) is 19.4 Å². The number of aliphatic imine (C=N–C) groups is 1. The van der Waals surface area contributed by atoms with E-state index in [4.69, 9.17) is 19.7 Å². The number of benzene rings is 2. The van der Waals surface area contributed by atoms with E-state index in [0.29, 0.717) is 29.2 Å². The molecule has 0 radical (unpaired) electrons. The van der Waals surface area contributed by atoms with Crippen LogP contribution in [-0.4, -0.2) is 54.8 Å². The number of hydrogen-bond donors (Lipinski definition) is 2. The molecule has 180 valence electrons. The van der Waals surface area contributed by atoms with E-state index in [1.54, 1.807) is 18.2 Å². The van der Waals surface area contributed by atoms with E-state index in [0.717, 1.165) is 12.7 Å². The number of methoxy groups -OCH3 is 2. The van der Waals surface area contributed by atoms with Crippen LogP contribution in [0.3, 0.4) is 0 Å². The van der Waals surface area contributed by atoms with Crippen LogP contribution >= 0.6 is 0 Å². The summed E-state index contributed by atoms with van der Waals surface area (Å²) in [5, 5.41) is 15.6. The van der Waals surface area contributed by atoms with Gasteiger partial charge in [-0.25, -0.2) is 9.59 Å². The lowest BCUT2D eigenvalue weighted by Crippen LogP contribution is -2.49. The molecular weight excluding hydrogens is 455 g/mol. The lowest BCUT2D eigenvalue weighted by atomic mass is 9.84. The zero-order valence-electron chi connectivity index (χ0n) is 18.2. The second-order valence-electron chi connectivity index (χ2n) is 6.90. The molecule has 10 heteroatoms. The van der Waals surface area contributed by atoms with Crippen molar-refractivity contribution in [1.82, 2.24) is 0 Å². The number of allylic oxidation sites excluding steroid dienone is 1. The van der Waals surface area contributed by atoms with E-state index in [9.17, 15) is 22.8 Å². The first-order valence-electron chi connectivity index (χ1n) is 9.76. The Hall–Kier alpha value is -3.92. The number of nitrogens with zero attached hydrogens (tertiary/aromatic N) is 1. The lowest BCUT2D eigenvalue weighted by Gasteiger charge is -2.37. The molecule has 1 aliphatic heterocycles. The molecule has 2 N–H and O–H groups in total. The number of alkyl halides is 3. The second kappa shape index (κ2) is 11.3. The van der Waals surface area contributed by atoms with Gasteiger partial charge in [-0.15, -0.1) is 0 Å². The maximum absolute atomic E-state index is 13.8. The van der Waals surface area contributed by atoms with E-state index >= 15 is 0 Å². The Labute approximate surface area is 193 Å². The largest absolute Gasteiger partial charge is 0.497 e. The van der Waals surface area contributed by atoms with E-state index in [1.807, 2.05) is 36.4 Å². The van der Waals surface area contributed by atoms with Crippen molar-refractivity contribution in [3.63, 3.8) is 0 Å². The molecule has 7 nitrogen and oxygen atoms in total. The maximum Gasteiger partial charge on any atom is 0.423 e. The summed E-state index contributed by atoms with van der Waals surface area (Å²) in [6.45, 7) is -0.540. The highest BCUT2D eigenvalue weighted by atomic mass is 19.4. The van der Waals surface area contributed by atoms with Crippen molar-refractivity contribution >= 4 is 23.7 Å². The Balaban J connectivity index is 0.000000440. The highest BCUT2D eigenvalue weighted by Crippen LogP contribution is 2.46. The molecule has 1 unspecified atom stereocenters. The maximum atomic E-state index is 13.8. The third kappa shape index (κ3) is 6.32.